The number of nitrogens with one attached hydrogen (secondary N) is 1. The number of hydrogen-bond donors (Lipinski definition) is 2. The summed E-state index contributed by atoms with van der Waals surface area (Å²) in [5.41, 5.74) is 6.30. The third kappa shape index (κ3) is 3.25. The van der Waals surface area contributed by atoms with E-state index in [4.69, 9.17) is 5.73 Å². The second-order valence-electron chi connectivity index (χ2n) is 4.09. The molecule has 0 radical (unpaired) electrons. The highest BCUT2D eigenvalue weighted by Gasteiger charge is 2.14. The zero-order valence-electron chi connectivity index (χ0n) is 9.63. The van der Waals surface area contributed by atoms with Gasteiger partial charge in [0.25, 0.3) is 0 Å². The standard InChI is InChI=1S/C12H18F2N2/c1-8(7-15)5-12(16-2)9-3-4-10(13)11(14)6-9/h3-4,6,8,12,16H,5,7,15H2,1-2H3. The summed E-state index contributed by atoms with van der Waals surface area (Å²) in [6, 6.07) is 4.00. The molecule has 0 saturated carbocycles. The van der Waals surface area contributed by atoms with Gasteiger partial charge in [-0.15, -0.1) is 0 Å². The molecule has 2 atom stereocenters. The largest absolute Gasteiger partial charge is 0.330 e. The van der Waals surface area contributed by atoms with Gasteiger partial charge in [-0.2, -0.15) is 0 Å². The van der Waals surface area contributed by atoms with Crippen LogP contribution in [0.2, 0.25) is 0 Å². The first kappa shape index (κ1) is 13.1. The number of halogens is 2. The first-order valence-corrected chi connectivity index (χ1v) is 5.40. The van der Waals surface area contributed by atoms with Gasteiger partial charge in [0.2, 0.25) is 0 Å². The topological polar surface area (TPSA) is 38.0 Å². The van der Waals surface area contributed by atoms with Crippen LogP contribution >= 0.6 is 0 Å². The molecule has 3 N–H and O–H groups in total. The van der Waals surface area contributed by atoms with Crippen molar-refractivity contribution in [2.24, 2.45) is 11.7 Å². The zero-order chi connectivity index (χ0) is 12.1. The number of hydrogen-bond acceptors (Lipinski definition) is 2. The molecule has 0 amide bonds. The fraction of sp³-hybridized carbons (Fsp3) is 0.500. The van der Waals surface area contributed by atoms with Crippen molar-refractivity contribution in [1.82, 2.24) is 5.32 Å². The average molecular weight is 228 g/mol. The van der Waals surface area contributed by atoms with Crippen molar-refractivity contribution in [3.8, 4) is 0 Å². The Labute approximate surface area is 94.8 Å². The van der Waals surface area contributed by atoms with Crippen LogP contribution in [0.4, 0.5) is 8.78 Å². The maximum Gasteiger partial charge on any atom is 0.159 e. The van der Waals surface area contributed by atoms with Gasteiger partial charge in [0, 0.05) is 6.04 Å². The lowest BCUT2D eigenvalue weighted by Crippen LogP contribution is -2.22. The van der Waals surface area contributed by atoms with Crippen molar-refractivity contribution in [3.05, 3.63) is 35.4 Å². The normalized spacial score (nSPS) is 14.8. The van der Waals surface area contributed by atoms with Crippen LogP contribution in [-0.4, -0.2) is 13.6 Å². The lowest BCUT2D eigenvalue weighted by atomic mass is 9.96. The first-order valence-electron chi connectivity index (χ1n) is 5.40. The molecule has 0 aliphatic heterocycles. The predicted molar refractivity (Wildman–Crippen MR) is 61.0 cm³/mol. The molecule has 2 nitrogen and oxygen atoms in total. The Kier molecular flexibility index (Phi) is 4.83. The predicted octanol–water partition coefficient (Wildman–Crippen LogP) is 2.21. The summed E-state index contributed by atoms with van der Waals surface area (Å²) in [6.07, 6.45) is 0.804. The molecule has 0 aliphatic carbocycles. The minimum atomic E-state index is -0.814. The molecule has 0 fully saturated rings. The number of rotatable bonds is 5. The Morgan fingerprint density at radius 1 is 1.31 bits per heavy atom. The van der Waals surface area contributed by atoms with Crippen molar-refractivity contribution < 1.29 is 8.78 Å². The van der Waals surface area contributed by atoms with Crippen LogP contribution in [0.3, 0.4) is 0 Å². The molecular weight excluding hydrogens is 210 g/mol. The summed E-state index contributed by atoms with van der Waals surface area (Å²) >= 11 is 0. The molecule has 0 bridgehead atoms. The molecule has 16 heavy (non-hydrogen) atoms. The van der Waals surface area contributed by atoms with E-state index in [1.807, 2.05) is 6.92 Å². The Morgan fingerprint density at radius 3 is 2.50 bits per heavy atom. The van der Waals surface area contributed by atoms with E-state index in [2.05, 4.69) is 5.32 Å². The van der Waals surface area contributed by atoms with Crippen molar-refractivity contribution in [3.63, 3.8) is 0 Å². The molecule has 0 aromatic heterocycles. The van der Waals surface area contributed by atoms with E-state index in [1.165, 1.54) is 6.07 Å². The van der Waals surface area contributed by atoms with E-state index < -0.39 is 11.6 Å². The van der Waals surface area contributed by atoms with Crippen molar-refractivity contribution in [1.29, 1.82) is 0 Å². The molecule has 4 heteroatoms. The van der Waals surface area contributed by atoms with Gasteiger partial charge in [0.15, 0.2) is 11.6 Å². The van der Waals surface area contributed by atoms with Crippen molar-refractivity contribution in [2.45, 2.75) is 19.4 Å². The Hall–Kier alpha value is -1.00. The molecule has 1 aromatic rings. The lowest BCUT2D eigenvalue weighted by Gasteiger charge is -2.20. The van der Waals surface area contributed by atoms with Gasteiger partial charge in [-0.05, 0) is 43.6 Å². The molecule has 2 unspecified atom stereocenters. The summed E-state index contributed by atoms with van der Waals surface area (Å²) in [7, 11) is 1.80. The highest BCUT2D eigenvalue weighted by Crippen LogP contribution is 2.22. The number of nitrogens with two attached hydrogens (primary N) is 1. The van der Waals surface area contributed by atoms with E-state index in [-0.39, 0.29) is 6.04 Å². The van der Waals surface area contributed by atoms with E-state index in [0.717, 1.165) is 18.1 Å². The minimum absolute atomic E-state index is 0.00801. The molecule has 0 saturated heterocycles. The smallest absolute Gasteiger partial charge is 0.159 e. The monoisotopic (exact) mass is 228 g/mol. The Balaban J connectivity index is 2.82. The Bertz CT molecular complexity index is 342. The molecular formula is C12H18F2N2. The SMILES string of the molecule is CNC(CC(C)CN)c1ccc(F)c(F)c1. The van der Waals surface area contributed by atoms with Crippen LogP contribution in [-0.2, 0) is 0 Å². The Morgan fingerprint density at radius 2 is 2.00 bits per heavy atom. The van der Waals surface area contributed by atoms with E-state index in [0.29, 0.717) is 12.5 Å². The van der Waals surface area contributed by atoms with Crippen LogP contribution in [0.5, 0.6) is 0 Å². The average Bonchev–Trinajstić information content (AvgIpc) is 2.29. The fourth-order valence-electron chi connectivity index (χ4n) is 1.65. The quantitative estimate of drug-likeness (QED) is 0.811. The van der Waals surface area contributed by atoms with Gasteiger partial charge in [-0.1, -0.05) is 13.0 Å². The van der Waals surface area contributed by atoms with Gasteiger partial charge < -0.3 is 11.1 Å². The van der Waals surface area contributed by atoms with Crippen LogP contribution in [0, 0.1) is 17.6 Å². The zero-order valence-corrected chi connectivity index (χ0v) is 9.63. The summed E-state index contributed by atoms with van der Waals surface area (Å²) in [5.74, 6) is -1.28. The summed E-state index contributed by atoms with van der Waals surface area (Å²) in [6.45, 7) is 2.62. The van der Waals surface area contributed by atoms with E-state index >= 15 is 0 Å². The first-order chi connectivity index (χ1) is 7.58. The maximum atomic E-state index is 13.1. The van der Waals surface area contributed by atoms with Crippen LogP contribution < -0.4 is 11.1 Å². The lowest BCUT2D eigenvalue weighted by molar-refractivity contribution is 0.433. The van der Waals surface area contributed by atoms with Crippen LogP contribution in [0.15, 0.2) is 18.2 Å². The van der Waals surface area contributed by atoms with Gasteiger partial charge in [-0.3, -0.25) is 0 Å². The second-order valence-corrected chi connectivity index (χ2v) is 4.09. The minimum Gasteiger partial charge on any atom is -0.330 e. The second kappa shape index (κ2) is 5.92. The fourth-order valence-corrected chi connectivity index (χ4v) is 1.65. The van der Waals surface area contributed by atoms with E-state index in [1.54, 1.807) is 13.1 Å². The third-order valence-electron chi connectivity index (χ3n) is 2.73. The van der Waals surface area contributed by atoms with Gasteiger partial charge in [0.1, 0.15) is 0 Å². The highest BCUT2D eigenvalue weighted by molar-refractivity contribution is 5.21. The van der Waals surface area contributed by atoms with Gasteiger partial charge in [0.05, 0.1) is 0 Å². The summed E-state index contributed by atoms with van der Waals surface area (Å²) in [5, 5.41) is 3.09. The highest BCUT2D eigenvalue weighted by atomic mass is 19.2. The summed E-state index contributed by atoms with van der Waals surface area (Å²) in [4.78, 5) is 0. The molecule has 1 rings (SSSR count). The van der Waals surface area contributed by atoms with Gasteiger partial charge >= 0.3 is 0 Å². The van der Waals surface area contributed by atoms with Crippen LogP contribution in [0.25, 0.3) is 0 Å². The number of benzene rings is 1. The third-order valence-corrected chi connectivity index (χ3v) is 2.73. The van der Waals surface area contributed by atoms with Gasteiger partial charge in [-0.25, -0.2) is 8.78 Å². The summed E-state index contributed by atoms with van der Waals surface area (Å²) < 4.78 is 25.8. The maximum absolute atomic E-state index is 13.1. The molecule has 0 spiro atoms. The molecule has 0 heterocycles. The van der Waals surface area contributed by atoms with E-state index in [9.17, 15) is 8.78 Å². The van der Waals surface area contributed by atoms with Crippen molar-refractivity contribution in [2.75, 3.05) is 13.6 Å². The molecule has 0 aliphatic rings. The molecule has 1 aromatic carbocycles. The van der Waals surface area contributed by atoms with Crippen molar-refractivity contribution >= 4 is 0 Å². The van der Waals surface area contributed by atoms with Crippen LogP contribution in [0.1, 0.15) is 24.9 Å². The molecule has 90 valence electrons.